The molecule has 0 spiro atoms. The van der Waals surface area contributed by atoms with E-state index in [-0.39, 0.29) is 58.1 Å². The maximum atomic E-state index is 12.0. The van der Waals surface area contributed by atoms with Gasteiger partial charge >= 0.3 is 29.6 Å². The van der Waals surface area contributed by atoms with Gasteiger partial charge in [-0.1, -0.05) is 30.3 Å². The number of methoxy groups -OCH3 is 1. The van der Waals surface area contributed by atoms with Gasteiger partial charge in [-0.25, -0.2) is 15.0 Å². The van der Waals surface area contributed by atoms with Crippen molar-refractivity contribution in [2.45, 2.75) is 0 Å². The number of ether oxygens (including phenoxy) is 1. The van der Waals surface area contributed by atoms with Gasteiger partial charge in [0.2, 0.25) is 5.90 Å². The van der Waals surface area contributed by atoms with E-state index in [0.29, 0.717) is 5.82 Å². The molecule has 2 aromatic heterocycles. The van der Waals surface area contributed by atoms with Crippen LogP contribution in [-0.4, -0.2) is 32.9 Å². The summed E-state index contributed by atoms with van der Waals surface area (Å²) in [6.07, 6.45) is 0. The van der Waals surface area contributed by atoms with Crippen LogP contribution < -0.4 is 40.9 Å². The summed E-state index contributed by atoms with van der Waals surface area (Å²) in [5.41, 5.74) is 6.37. The fourth-order valence-corrected chi connectivity index (χ4v) is 1.97. The molecule has 0 unspecified atom stereocenters. The number of hydrogen-bond acceptors (Lipinski definition) is 7. The Morgan fingerprint density at radius 3 is 2.57 bits per heavy atom. The minimum atomic E-state index is -0.573. The number of aromatic amines is 1. The summed E-state index contributed by atoms with van der Waals surface area (Å²) in [4.78, 5) is 27.0. The van der Waals surface area contributed by atoms with Gasteiger partial charge < -0.3 is 15.5 Å². The molecule has 8 nitrogen and oxygen atoms in total. The topological polar surface area (TPSA) is 131 Å². The Morgan fingerprint density at radius 2 is 1.91 bits per heavy atom. The number of nitrogens with one attached hydrogen (secondary N) is 2. The second kappa shape index (κ2) is 6.86. The van der Waals surface area contributed by atoms with Crippen molar-refractivity contribution in [1.82, 2.24) is 19.9 Å². The van der Waals surface area contributed by atoms with E-state index in [1.54, 1.807) is 0 Å². The van der Waals surface area contributed by atoms with Crippen molar-refractivity contribution in [2.75, 3.05) is 12.8 Å². The van der Waals surface area contributed by atoms with Crippen molar-refractivity contribution in [2.24, 2.45) is 0 Å². The molecule has 0 atom stereocenters. The van der Waals surface area contributed by atoms with Crippen LogP contribution in [0.4, 0.5) is 5.82 Å². The molecule has 0 aliphatic heterocycles. The zero-order valence-electron chi connectivity index (χ0n) is 12.6. The molecule has 4 N–H and O–H groups in total. The molecule has 3 aromatic rings. The Morgan fingerprint density at radius 1 is 1.22 bits per heavy atom. The largest absolute Gasteiger partial charge is 1.00 e. The number of rotatable bonds is 2. The molecule has 0 aliphatic rings. The third-order valence-corrected chi connectivity index (χ3v) is 3.03. The quantitative estimate of drug-likeness (QED) is 0.283. The monoisotopic (exact) mass is 319 g/mol. The predicted octanol–water partition coefficient (Wildman–Crippen LogP) is -2.06. The molecule has 1 aromatic carbocycles. The molecular formula is C14H12N6NaO2+. The number of nitrogens with two attached hydrogens (primary N) is 1. The summed E-state index contributed by atoms with van der Waals surface area (Å²) in [6.45, 7) is 0. The number of nitrogen functional groups attached to an aromatic ring is 1. The number of hydrogen-bond donors (Lipinski definition) is 3. The predicted molar refractivity (Wildman–Crippen MR) is 81.6 cm³/mol. The average Bonchev–Trinajstić information content (AvgIpc) is 2.54. The van der Waals surface area contributed by atoms with Gasteiger partial charge in [-0.2, -0.15) is 0 Å². The molecule has 3 rings (SSSR count). The van der Waals surface area contributed by atoms with Crippen LogP contribution in [0.15, 0.2) is 35.1 Å². The minimum absolute atomic E-state index is 0. The molecule has 0 radical (unpaired) electrons. The molecule has 0 saturated carbocycles. The van der Waals surface area contributed by atoms with E-state index in [4.69, 9.17) is 15.9 Å². The van der Waals surface area contributed by atoms with Gasteiger partial charge in [0, 0.05) is 5.56 Å². The fourth-order valence-electron chi connectivity index (χ4n) is 1.97. The third-order valence-electron chi connectivity index (χ3n) is 3.03. The third kappa shape index (κ3) is 3.24. The molecule has 0 saturated heterocycles. The van der Waals surface area contributed by atoms with Crippen LogP contribution in [0.5, 0.6) is 0 Å². The zero-order valence-corrected chi connectivity index (χ0v) is 14.6. The molecule has 2 heterocycles. The maximum absolute atomic E-state index is 12.0. The Hall–Kier alpha value is -2.29. The second-order valence-electron chi connectivity index (χ2n) is 4.44. The first kappa shape index (κ1) is 17.1. The maximum Gasteiger partial charge on any atom is 1.00 e. The Kier molecular flexibility index (Phi) is 5.09. The van der Waals surface area contributed by atoms with Crippen LogP contribution in [0.25, 0.3) is 22.6 Å². The molecule has 0 amide bonds. The molecule has 9 heteroatoms. The second-order valence-corrected chi connectivity index (χ2v) is 4.44. The van der Waals surface area contributed by atoms with Crippen LogP contribution in [0, 0.1) is 5.41 Å². The number of fused-ring (bicyclic) bond motifs is 1. The Balaban J connectivity index is 0.00000192. The van der Waals surface area contributed by atoms with E-state index in [1.807, 2.05) is 30.3 Å². The van der Waals surface area contributed by atoms with Gasteiger partial charge in [0.1, 0.15) is 5.52 Å². The number of H-pyrrole nitrogens is 1. The van der Waals surface area contributed by atoms with Crippen LogP contribution in [0.2, 0.25) is 0 Å². The normalized spacial score (nSPS) is 10.1. The summed E-state index contributed by atoms with van der Waals surface area (Å²) < 4.78 is 4.72. The summed E-state index contributed by atoms with van der Waals surface area (Å²) in [5.74, 6) is 0.151. The first-order valence-corrected chi connectivity index (χ1v) is 6.36. The summed E-state index contributed by atoms with van der Waals surface area (Å²) in [5, 5.41) is 7.56. The Labute approximate surface area is 152 Å². The van der Waals surface area contributed by atoms with E-state index in [2.05, 4.69) is 19.9 Å². The molecule has 0 fully saturated rings. The summed E-state index contributed by atoms with van der Waals surface area (Å²) in [6, 6.07) is 9.24. The molecule has 0 aliphatic carbocycles. The zero-order chi connectivity index (χ0) is 15.7. The van der Waals surface area contributed by atoms with Crippen molar-refractivity contribution < 1.29 is 34.3 Å². The first-order chi connectivity index (χ1) is 10.6. The number of nitrogens with zero attached hydrogens (tertiary/aromatic N) is 3. The number of benzene rings is 1. The summed E-state index contributed by atoms with van der Waals surface area (Å²) >= 11 is 0. The minimum Gasteiger partial charge on any atom is -0.480 e. The van der Waals surface area contributed by atoms with Gasteiger partial charge in [-0.3, -0.25) is 10.2 Å². The standard InChI is InChI=1S/C14H12N6O2.Na/c1-22-11(16)9-14(21)20-13-8(17-9)10(15)18-12(19-13)7-5-3-2-4-6-7;/h2-6,16H,1H3,(H3,15,18,19,20,21);/q;+1. The van der Waals surface area contributed by atoms with Crippen LogP contribution in [-0.2, 0) is 4.74 Å². The van der Waals surface area contributed by atoms with E-state index in [1.165, 1.54) is 7.11 Å². The SMILES string of the molecule is COC(=N)c1nc2c(N)nc(-c3ccccc3)nc2[nH]c1=O.[Na+]. The van der Waals surface area contributed by atoms with Crippen molar-refractivity contribution >= 4 is 22.9 Å². The van der Waals surface area contributed by atoms with Crippen molar-refractivity contribution in [3.63, 3.8) is 0 Å². The first-order valence-electron chi connectivity index (χ1n) is 6.36. The van der Waals surface area contributed by atoms with Gasteiger partial charge in [0.15, 0.2) is 23.0 Å². The molecular weight excluding hydrogens is 307 g/mol. The smallest absolute Gasteiger partial charge is 0.480 e. The molecule has 0 bridgehead atoms. The van der Waals surface area contributed by atoms with E-state index in [0.717, 1.165) is 5.56 Å². The summed E-state index contributed by atoms with van der Waals surface area (Å²) in [7, 11) is 1.28. The van der Waals surface area contributed by atoms with Gasteiger partial charge in [-0.05, 0) is 0 Å². The van der Waals surface area contributed by atoms with Gasteiger partial charge in [-0.15, -0.1) is 0 Å². The van der Waals surface area contributed by atoms with Crippen LogP contribution in [0.3, 0.4) is 0 Å². The van der Waals surface area contributed by atoms with E-state index < -0.39 is 5.56 Å². The van der Waals surface area contributed by atoms with Crippen LogP contribution in [0.1, 0.15) is 5.69 Å². The molecule has 110 valence electrons. The van der Waals surface area contributed by atoms with Crippen molar-refractivity contribution in [3.05, 3.63) is 46.4 Å². The Bertz CT molecular complexity index is 926. The number of aromatic nitrogens is 4. The van der Waals surface area contributed by atoms with Gasteiger partial charge in [0.25, 0.3) is 5.56 Å². The van der Waals surface area contributed by atoms with E-state index in [9.17, 15) is 4.79 Å². The van der Waals surface area contributed by atoms with E-state index >= 15 is 0 Å². The van der Waals surface area contributed by atoms with Gasteiger partial charge in [0.05, 0.1) is 7.11 Å². The van der Waals surface area contributed by atoms with Crippen LogP contribution >= 0.6 is 0 Å². The molecule has 23 heavy (non-hydrogen) atoms. The van der Waals surface area contributed by atoms with Crippen molar-refractivity contribution in [1.29, 1.82) is 5.41 Å². The van der Waals surface area contributed by atoms with Crippen molar-refractivity contribution in [3.8, 4) is 11.4 Å². The average molecular weight is 319 g/mol. The number of anilines is 1. The fraction of sp³-hybridized carbons (Fsp3) is 0.0714.